The van der Waals surface area contributed by atoms with Crippen LogP contribution in [0.1, 0.15) is 0 Å². The number of halogens is 1. The van der Waals surface area contributed by atoms with Crippen LogP contribution in [-0.2, 0) is 21.1 Å². The predicted molar refractivity (Wildman–Crippen MR) is 33.7 cm³/mol. The molecule has 0 radical (unpaired) electrons. The molecule has 0 bridgehead atoms. The molecule has 0 unspecified atom stereocenters. The van der Waals surface area contributed by atoms with Crippen molar-refractivity contribution in [2.75, 3.05) is 5.43 Å². The molecular formula is C4H4ClN4W-. The van der Waals surface area contributed by atoms with Crippen molar-refractivity contribution < 1.29 is 21.1 Å². The number of rotatable bonds is 1. The molecule has 10 heavy (non-hydrogen) atoms. The number of aromatic nitrogens is 2. The van der Waals surface area contributed by atoms with Crippen LogP contribution in [0.5, 0.6) is 0 Å². The molecule has 0 spiro atoms. The van der Waals surface area contributed by atoms with Gasteiger partial charge in [-0.3, -0.25) is 10.8 Å². The number of anilines is 1. The van der Waals surface area contributed by atoms with Crippen LogP contribution in [0.3, 0.4) is 0 Å². The van der Waals surface area contributed by atoms with E-state index in [0.717, 1.165) is 0 Å². The van der Waals surface area contributed by atoms with Crippen LogP contribution < -0.4 is 11.3 Å². The average molecular weight is 327 g/mol. The van der Waals surface area contributed by atoms with Crippen molar-refractivity contribution in [1.82, 2.24) is 9.97 Å². The number of nitrogens with two attached hydrogens (primary N) is 1. The zero-order chi connectivity index (χ0) is 6.69. The maximum atomic E-state index is 5.39. The van der Waals surface area contributed by atoms with Gasteiger partial charge in [0.25, 0.3) is 0 Å². The summed E-state index contributed by atoms with van der Waals surface area (Å²) >= 11 is 5.39. The van der Waals surface area contributed by atoms with E-state index in [1.165, 1.54) is 6.20 Å². The summed E-state index contributed by atoms with van der Waals surface area (Å²) in [4.78, 5) is 7.25. The fourth-order valence-electron chi connectivity index (χ4n) is 0.374. The minimum absolute atomic E-state index is 0. The van der Waals surface area contributed by atoms with Crippen LogP contribution in [-0.4, -0.2) is 9.97 Å². The molecule has 0 amide bonds. The molecule has 4 nitrogen and oxygen atoms in total. The second-order valence-corrected chi connectivity index (χ2v) is 1.61. The quantitative estimate of drug-likeness (QED) is 0.335. The molecule has 1 aromatic heterocycles. The molecule has 0 atom stereocenters. The minimum atomic E-state index is 0. The molecule has 0 fully saturated rings. The van der Waals surface area contributed by atoms with Gasteiger partial charge in [-0.05, 0) is 17.4 Å². The van der Waals surface area contributed by atoms with Crippen molar-refractivity contribution in [1.29, 1.82) is 0 Å². The van der Waals surface area contributed by atoms with E-state index in [4.69, 9.17) is 17.4 Å². The van der Waals surface area contributed by atoms with E-state index in [1.54, 1.807) is 0 Å². The molecule has 0 aliphatic heterocycles. The number of nitrogens with one attached hydrogen (secondary N) is 1. The van der Waals surface area contributed by atoms with Crippen LogP contribution >= 0.6 is 11.6 Å². The van der Waals surface area contributed by atoms with Crippen LogP contribution in [0.15, 0.2) is 6.20 Å². The molecule has 1 aromatic rings. The third kappa shape index (κ3) is 2.60. The Balaban J connectivity index is 0.000000810. The van der Waals surface area contributed by atoms with Gasteiger partial charge in [0.05, 0.1) is 0 Å². The molecule has 1 rings (SSSR count). The minimum Gasteiger partial charge on any atom is -0.407 e. The van der Waals surface area contributed by atoms with Crippen molar-refractivity contribution in [3.63, 3.8) is 0 Å². The predicted octanol–water partition coefficient (Wildman–Crippen LogP) is 0.213. The van der Waals surface area contributed by atoms with Gasteiger partial charge >= 0.3 is 0 Å². The van der Waals surface area contributed by atoms with Crippen molar-refractivity contribution in [2.24, 2.45) is 5.84 Å². The third-order valence-electron chi connectivity index (χ3n) is 0.713. The van der Waals surface area contributed by atoms with E-state index in [1.807, 2.05) is 0 Å². The van der Waals surface area contributed by atoms with Gasteiger partial charge in [0.1, 0.15) is 0 Å². The average Bonchev–Trinajstić information content (AvgIpc) is 1.88. The van der Waals surface area contributed by atoms with Gasteiger partial charge in [0, 0.05) is 21.1 Å². The zero-order valence-corrected chi connectivity index (χ0v) is 8.52. The molecule has 1 heterocycles. The van der Waals surface area contributed by atoms with Gasteiger partial charge in [0.15, 0.2) is 0 Å². The standard InChI is InChI=1S/C4H4ClN4.W/c5-4-7-2-1-3(8-4)9-6;/h2H,6H2,(H,7,8,9);/q-1;. The Kier molecular flexibility index (Phi) is 4.52. The molecular weight excluding hydrogens is 323 g/mol. The summed E-state index contributed by atoms with van der Waals surface area (Å²) in [5.41, 5.74) is 2.28. The summed E-state index contributed by atoms with van der Waals surface area (Å²) < 4.78 is 0. The second kappa shape index (κ2) is 4.61. The van der Waals surface area contributed by atoms with Crippen LogP contribution in [0.4, 0.5) is 5.82 Å². The van der Waals surface area contributed by atoms with Crippen LogP contribution in [0.25, 0.3) is 0 Å². The summed E-state index contributed by atoms with van der Waals surface area (Å²) in [5.74, 6) is 5.37. The molecule has 0 saturated heterocycles. The molecule has 0 saturated carbocycles. The Morgan fingerprint density at radius 3 is 2.80 bits per heavy atom. The van der Waals surface area contributed by atoms with Crippen molar-refractivity contribution >= 4 is 17.4 Å². The Labute approximate surface area is 77.4 Å². The normalized spacial score (nSPS) is 8.20. The van der Waals surface area contributed by atoms with Crippen LogP contribution in [0.2, 0.25) is 5.28 Å². The number of nitrogen functional groups attached to an aromatic ring is 1. The van der Waals surface area contributed by atoms with E-state index in [-0.39, 0.29) is 26.3 Å². The summed E-state index contributed by atoms with van der Waals surface area (Å²) in [6, 6.07) is 2.62. The third-order valence-corrected chi connectivity index (χ3v) is 0.895. The number of nitrogens with zero attached hydrogens (tertiary/aromatic N) is 2. The van der Waals surface area contributed by atoms with Crippen LogP contribution in [0, 0.1) is 6.07 Å². The Bertz CT molecular complexity index is 206. The van der Waals surface area contributed by atoms with Gasteiger partial charge < -0.3 is 11.5 Å². The first-order valence-electron chi connectivity index (χ1n) is 2.20. The molecule has 0 aliphatic carbocycles. The van der Waals surface area contributed by atoms with E-state index >= 15 is 0 Å². The number of hydrogen-bond donors (Lipinski definition) is 2. The fourth-order valence-corrected chi connectivity index (χ4v) is 0.507. The van der Waals surface area contributed by atoms with Gasteiger partial charge in [0.2, 0.25) is 5.28 Å². The number of hydrogen-bond acceptors (Lipinski definition) is 4. The van der Waals surface area contributed by atoms with Crippen molar-refractivity contribution in [3.8, 4) is 0 Å². The van der Waals surface area contributed by atoms with E-state index in [0.29, 0.717) is 5.82 Å². The van der Waals surface area contributed by atoms with Gasteiger partial charge in [-0.1, -0.05) is 0 Å². The maximum absolute atomic E-state index is 5.39. The fraction of sp³-hybridized carbons (Fsp3) is 0. The molecule has 0 aromatic carbocycles. The zero-order valence-electron chi connectivity index (χ0n) is 4.84. The Hall–Kier alpha value is -0.182. The summed E-state index contributed by atoms with van der Waals surface area (Å²) in [6.45, 7) is 0. The SMILES string of the molecule is NNc1[c-]cnc(Cl)n1.[W]. The summed E-state index contributed by atoms with van der Waals surface area (Å²) in [7, 11) is 0. The first-order valence-corrected chi connectivity index (χ1v) is 2.57. The molecule has 6 heteroatoms. The van der Waals surface area contributed by atoms with E-state index in [9.17, 15) is 0 Å². The van der Waals surface area contributed by atoms with Crippen molar-refractivity contribution in [3.05, 3.63) is 17.5 Å². The molecule has 0 aliphatic rings. The summed E-state index contributed by atoms with van der Waals surface area (Å²) in [6.07, 6.45) is 1.39. The molecule has 54 valence electrons. The van der Waals surface area contributed by atoms with Gasteiger partial charge in [-0.2, -0.15) is 0 Å². The van der Waals surface area contributed by atoms with Gasteiger partial charge in [-0.15, -0.1) is 6.20 Å². The van der Waals surface area contributed by atoms with Gasteiger partial charge in [-0.25, -0.2) is 4.98 Å². The largest absolute Gasteiger partial charge is 0.407 e. The first kappa shape index (κ1) is 9.82. The summed E-state index contributed by atoms with van der Waals surface area (Å²) in [5, 5.41) is 0.154. The monoisotopic (exact) mass is 327 g/mol. The maximum Gasteiger partial charge on any atom is 0.218 e. The Morgan fingerprint density at radius 2 is 2.40 bits per heavy atom. The molecule has 3 N–H and O–H groups in total. The number of hydrazine groups is 1. The first-order chi connectivity index (χ1) is 4.33. The van der Waals surface area contributed by atoms with E-state index in [2.05, 4.69) is 21.5 Å². The second-order valence-electron chi connectivity index (χ2n) is 1.28. The topological polar surface area (TPSA) is 63.8 Å². The van der Waals surface area contributed by atoms with Crippen molar-refractivity contribution in [2.45, 2.75) is 0 Å². The Morgan fingerprint density at radius 1 is 1.70 bits per heavy atom. The smallest absolute Gasteiger partial charge is 0.218 e. The van der Waals surface area contributed by atoms with E-state index < -0.39 is 0 Å².